The summed E-state index contributed by atoms with van der Waals surface area (Å²) in [4.78, 5) is 17.0. The molecule has 0 radical (unpaired) electrons. The number of methoxy groups -OCH3 is 1. The first kappa shape index (κ1) is 30.8. The number of aromatic nitrogens is 2. The van der Waals surface area contributed by atoms with Crippen LogP contribution in [0.25, 0.3) is 5.52 Å². The van der Waals surface area contributed by atoms with E-state index in [4.69, 9.17) is 4.74 Å². The number of amides is 1. The SMILES string of the molecule is COc1ccn2nc(C)c(C(=O)NCc3ccc(N4CCN(c5ccc(OC(F)(F)F)cc5)[C@H](C)C4)c(F)c3)c2c1.Cl. The molecule has 224 valence electrons. The van der Waals surface area contributed by atoms with Gasteiger partial charge >= 0.3 is 6.36 Å². The average molecular weight is 608 g/mol. The van der Waals surface area contributed by atoms with Gasteiger partial charge < -0.3 is 24.6 Å². The van der Waals surface area contributed by atoms with E-state index in [1.54, 1.807) is 61.1 Å². The number of rotatable bonds is 7. The van der Waals surface area contributed by atoms with Crippen LogP contribution in [0.3, 0.4) is 0 Å². The van der Waals surface area contributed by atoms with Crippen LogP contribution in [0, 0.1) is 12.7 Å². The quantitative estimate of drug-likeness (QED) is 0.270. The van der Waals surface area contributed by atoms with Crippen LogP contribution in [0.15, 0.2) is 60.8 Å². The Morgan fingerprint density at radius 3 is 2.45 bits per heavy atom. The van der Waals surface area contributed by atoms with E-state index in [9.17, 15) is 18.0 Å². The molecule has 1 aliphatic rings. The fourth-order valence-corrected chi connectivity index (χ4v) is 5.14. The maximum Gasteiger partial charge on any atom is 0.573 e. The number of fused-ring (bicyclic) bond motifs is 1. The number of halogens is 5. The molecular weight excluding hydrogens is 578 g/mol. The van der Waals surface area contributed by atoms with Gasteiger partial charge in [0.05, 0.1) is 29.6 Å². The minimum absolute atomic E-state index is 0. The van der Waals surface area contributed by atoms with Crippen molar-refractivity contribution >= 4 is 35.2 Å². The highest BCUT2D eigenvalue weighted by atomic mass is 35.5. The Balaban J connectivity index is 0.00000405. The highest BCUT2D eigenvalue weighted by molar-refractivity contribution is 6.02. The van der Waals surface area contributed by atoms with Crippen LogP contribution in [0.1, 0.15) is 28.5 Å². The fourth-order valence-electron chi connectivity index (χ4n) is 5.14. The summed E-state index contributed by atoms with van der Waals surface area (Å²) in [6, 6.07) is 14.1. The van der Waals surface area contributed by atoms with Crippen LogP contribution < -0.4 is 24.6 Å². The van der Waals surface area contributed by atoms with Crippen molar-refractivity contribution in [1.29, 1.82) is 0 Å². The topological polar surface area (TPSA) is 71.3 Å². The number of anilines is 2. The zero-order valence-electron chi connectivity index (χ0n) is 23.1. The van der Waals surface area contributed by atoms with Gasteiger partial charge in [-0.15, -0.1) is 25.6 Å². The van der Waals surface area contributed by atoms with Gasteiger partial charge in [-0.25, -0.2) is 8.91 Å². The standard InChI is InChI=1S/C29H29F4N5O3.ClH/c1-18-17-36(12-13-37(18)21-5-7-22(8-6-21)41-29(31,32)33)25-9-4-20(14-24(25)30)16-34-28(39)27-19(2)35-38-11-10-23(40-3)15-26(27)38;/h4-11,14-15,18H,12-13,16-17H2,1-3H3,(H,34,39);1H/t18-;/m1./s1. The van der Waals surface area contributed by atoms with E-state index < -0.39 is 12.2 Å². The van der Waals surface area contributed by atoms with Crippen LogP contribution >= 0.6 is 12.4 Å². The molecule has 2 aromatic carbocycles. The summed E-state index contributed by atoms with van der Waals surface area (Å²) in [6.07, 6.45) is -3.02. The van der Waals surface area contributed by atoms with Gasteiger partial charge in [-0.2, -0.15) is 5.10 Å². The number of pyridine rings is 1. The number of benzene rings is 2. The molecule has 42 heavy (non-hydrogen) atoms. The molecule has 0 unspecified atom stereocenters. The summed E-state index contributed by atoms with van der Waals surface area (Å²) in [5.74, 6) is -0.395. The Morgan fingerprint density at radius 2 is 1.81 bits per heavy atom. The first-order valence-corrected chi connectivity index (χ1v) is 13.0. The largest absolute Gasteiger partial charge is 0.573 e. The van der Waals surface area contributed by atoms with Crippen LogP contribution in [-0.2, 0) is 6.54 Å². The highest BCUT2D eigenvalue weighted by Crippen LogP contribution is 2.29. The van der Waals surface area contributed by atoms with Crippen molar-refractivity contribution < 1.29 is 31.8 Å². The number of aryl methyl sites for hydroxylation is 1. The average Bonchev–Trinajstić information content (AvgIpc) is 3.26. The number of carbonyl (C=O) groups excluding carboxylic acids is 1. The summed E-state index contributed by atoms with van der Waals surface area (Å²) >= 11 is 0. The summed E-state index contributed by atoms with van der Waals surface area (Å²) in [5.41, 5.74) is 3.43. The van der Waals surface area contributed by atoms with Crippen molar-refractivity contribution in [3.8, 4) is 11.5 Å². The fraction of sp³-hybridized carbons (Fsp3) is 0.310. The van der Waals surface area contributed by atoms with E-state index >= 15 is 4.39 Å². The molecular formula is C29H30ClF4N5O3. The molecule has 1 amide bonds. The number of hydrogen-bond donors (Lipinski definition) is 1. The van der Waals surface area contributed by atoms with E-state index in [0.717, 1.165) is 5.69 Å². The minimum Gasteiger partial charge on any atom is -0.497 e. The van der Waals surface area contributed by atoms with E-state index in [-0.39, 0.29) is 36.7 Å². The monoisotopic (exact) mass is 607 g/mol. The zero-order valence-corrected chi connectivity index (χ0v) is 23.9. The Kier molecular flexibility index (Phi) is 9.05. The lowest BCUT2D eigenvalue weighted by Gasteiger charge is -2.42. The maximum atomic E-state index is 15.2. The molecule has 4 aromatic rings. The third-order valence-electron chi connectivity index (χ3n) is 7.08. The second-order valence-corrected chi connectivity index (χ2v) is 9.86. The van der Waals surface area contributed by atoms with Gasteiger partial charge in [0.15, 0.2) is 0 Å². The van der Waals surface area contributed by atoms with Crippen molar-refractivity contribution in [2.24, 2.45) is 0 Å². The summed E-state index contributed by atoms with van der Waals surface area (Å²) in [5, 5.41) is 7.23. The van der Waals surface area contributed by atoms with Gasteiger partial charge in [-0.05, 0) is 61.9 Å². The first-order chi connectivity index (χ1) is 19.5. The number of nitrogens with one attached hydrogen (secondary N) is 1. The van der Waals surface area contributed by atoms with Gasteiger partial charge in [0.25, 0.3) is 5.91 Å². The highest BCUT2D eigenvalue weighted by Gasteiger charge is 2.31. The summed E-state index contributed by atoms with van der Waals surface area (Å²) < 4.78 is 63.4. The molecule has 5 rings (SSSR count). The van der Waals surface area contributed by atoms with Gasteiger partial charge in [-0.3, -0.25) is 4.79 Å². The second kappa shape index (κ2) is 12.4. The number of nitrogens with zero attached hydrogens (tertiary/aromatic N) is 4. The molecule has 13 heteroatoms. The third kappa shape index (κ3) is 6.64. The Bertz CT molecular complexity index is 1560. The predicted molar refractivity (Wildman–Crippen MR) is 153 cm³/mol. The van der Waals surface area contributed by atoms with E-state index in [0.29, 0.717) is 53.4 Å². The van der Waals surface area contributed by atoms with Crippen LogP contribution in [-0.4, -0.2) is 54.7 Å². The smallest absolute Gasteiger partial charge is 0.497 e. The Labute approximate surface area is 246 Å². The third-order valence-corrected chi connectivity index (χ3v) is 7.08. The minimum atomic E-state index is -4.74. The number of alkyl halides is 3. The predicted octanol–water partition coefficient (Wildman–Crippen LogP) is 5.76. The number of hydrogen-bond acceptors (Lipinski definition) is 6. The number of piperazine rings is 1. The van der Waals surface area contributed by atoms with Crippen LogP contribution in [0.5, 0.6) is 11.5 Å². The van der Waals surface area contributed by atoms with Gasteiger partial charge in [0.1, 0.15) is 17.3 Å². The number of carbonyl (C=O) groups is 1. The van der Waals surface area contributed by atoms with Crippen molar-refractivity contribution in [3.63, 3.8) is 0 Å². The van der Waals surface area contributed by atoms with E-state index in [1.165, 1.54) is 18.2 Å². The molecule has 8 nitrogen and oxygen atoms in total. The molecule has 0 bridgehead atoms. The normalized spacial score (nSPS) is 15.4. The lowest BCUT2D eigenvalue weighted by molar-refractivity contribution is -0.274. The zero-order chi connectivity index (χ0) is 29.3. The van der Waals surface area contributed by atoms with Crippen molar-refractivity contribution in [2.45, 2.75) is 32.8 Å². The number of ether oxygens (including phenoxy) is 2. The molecule has 2 aromatic heterocycles. The lowest BCUT2D eigenvalue weighted by atomic mass is 10.1. The van der Waals surface area contributed by atoms with Gasteiger partial charge in [0, 0.05) is 50.2 Å². The summed E-state index contributed by atoms with van der Waals surface area (Å²) in [6.45, 7) is 5.46. The Hall–Kier alpha value is -4.19. The maximum absolute atomic E-state index is 15.2. The van der Waals surface area contributed by atoms with Gasteiger partial charge in [0.2, 0.25) is 0 Å². The van der Waals surface area contributed by atoms with E-state index in [1.807, 2.05) is 11.8 Å². The molecule has 0 aliphatic carbocycles. The molecule has 1 aliphatic heterocycles. The molecule has 1 atom stereocenters. The summed E-state index contributed by atoms with van der Waals surface area (Å²) in [7, 11) is 1.55. The van der Waals surface area contributed by atoms with Gasteiger partial charge in [-0.1, -0.05) is 6.07 Å². The molecule has 0 spiro atoms. The van der Waals surface area contributed by atoms with Crippen molar-refractivity contribution in [3.05, 3.63) is 83.4 Å². The molecule has 1 N–H and O–H groups in total. The van der Waals surface area contributed by atoms with E-state index in [2.05, 4.69) is 20.1 Å². The molecule has 1 fully saturated rings. The first-order valence-electron chi connectivity index (χ1n) is 13.0. The second-order valence-electron chi connectivity index (χ2n) is 9.86. The molecule has 0 saturated carbocycles. The van der Waals surface area contributed by atoms with Crippen LogP contribution in [0.2, 0.25) is 0 Å². The van der Waals surface area contributed by atoms with Crippen molar-refractivity contribution in [1.82, 2.24) is 14.9 Å². The van der Waals surface area contributed by atoms with Crippen molar-refractivity contribution in [2.75, 3.05) is 36.5 Å². The molecule has 3 heterocycles. The molecule has 1 saturated heterocycles. The van der Waals surface area contributed by atoms with Crippen LogP contribution in [0.4, 0.5) is 28.9 Å². The Morgan fingerprint density at radius 1 is 1.07 bits per heavy atom. The lowest BCUT2D eigenvalue weighted by Crippen LogP contribution is -2.52.